The van der Waals surface area contributed by atoms with Gasteiger partial charge in [0.15, 0.2) is 5.82 Å². The molecule has 0 radical (unpaired) electrons. The van der Waals surface area contributed by atoms with Crippen LogP contribution in [0.4, 0.5) is 5.82 Å². The Bertz CT molecular complexity index is 1190. The number of aryl methyl sites for hydroxylation is 2. The van der Waals surface area contributed by atoms with E-state index in [1.54, 1.807) is 6.20 Å². The van der Waals surface area contributed by atoms with Gasteiger partial charge in [0.05, 0.1) is 5.69 Å². The molecule has 1 aromatic carbocycles. The average Bonchev–Trinajstić information content (AvgIpc) is 3.24. The highest BCUT2D eigenvalue weighted by Crippen LogP contribution is 2.32. The summed E-state index contributed by atoms with van der Waals surface area (Å²) in [5, 5.41) is 19.5. The molecule has 1 aliphatic heterocycles. The molecule has 1 saturated heterocycles. The van der Waals surface area contributed by atoms with Gasteiger partial charge in [-0.2, -0.15) is 5.10 Å². The maximum Gasteiger partial charge on any atom is 0.159 e. The highest BCUT2D eigenvalue weighted by atomic mass is 15.3. The molecule has 158 valence electrons. The Morgan fingerprint density at radius 3 is 2.52 bits per heavy atom. The van der Waals surface area contributed by atoms with Crippen LogP contribution in [0.5, 0.6) is 0 Å². The average molecular weight is 414 g/mol. The third kappa shape index (κ3) is 3.88. The van der Waals surface area contributed by atoms with Crippen LogP contribution in [0.25, 0.3) is 22.2 Å². The van der Waals surface area contributed by atoms with E-state index in [0.717, 1.165) is 66.1 Å². The number of nitrogens with zero attached hydrogens (tertiary/aromatic N) is 6. The second kappa shape index (κ2) is 8.43. The summed E-state index contributed by atoms with van der Waals surface area (Å²) < 4.78 is 1.84. The molecule has 0 bridgehead atoms. The fourth-order valence-corrected chi connectivity index (χ4v) is 4.37. The van der Waals surface area contributed by atoms with Crippen molar-refractivity contribution >= 4 is 16.6 Å². The van der Waals surface area contributed by atoms with E-state index >= 15 is 0 Å². The maximum atomic E-state index is 4.66. The van der Waals surface area contributed by atoms with Crippen molar-refractivity contribution in [3.05, 3.63) is 66.1 Å². The van der Waals surface area contributed by atoms with Crippen LogP contribution in [-0.2, 0) is 13.6 Å². The number of aromatic nitrogens is 5. The molecule has 1 aliphatic rings. The van der Waals surface area contributed by atoms with Crippen molar-refractivity contribution in [3.8, 4) is 11.4 Å². The summed E-state index contributed by atoms with van der Waals surface area (Å²) in [4.78, 5) is 6.76. The summed E-state index contributed by atoms with van der Waals surface area (Å²) in [6.07, 6.45) is 5.81. The number of rotatable bonds is 5. The van der Waals surface area contributed by atoms with E-state index in [2.05, 4.69) is 67.8 Å². The number of hydrogen-bond donors (Lipinski definition) is 1. The summed E-state index contributed by atoms with van der Waals surface area (Å²) in [7, 11) is 1.93. The second-order valence-electron chi connectivity index (χ2n) is 8.15. The molecule has 5 rings (SSSR count). The van der Waals surface area contributed by atoms with Gasteiger partial charge in [-0.05, 0) is 37.5 Å². The minimum atomic E-state index is 0.504. The first-order chi connectivity index (χ1) is 15.2. The second-order valence-corrected chi connectivity index (χ2v) is 8.15. The van der Waals surface area contributed by atoms with Crippen LogP contribution in [0.2, 0.25) is 0 Å². The number of fused-ring (bicyclic) bond motifs is 1. The molecule has 0 unspecified atom stereocenters. The normalized spacial score (nSPS) is 15.0. The lowest BCUT2D eigenvalue weighted by Gasteiger charge is -2.33. The predicted molar refractivity (Wildman–Crippen MR) is 123 cm³/mol. The van der Waals surface area contributed by atoms with E-state index in [1.165, 1.54) is 5.56 Å². The molecule has 0 atom stereocenters. The van der Waals surface area contributed by atoms with Crippen molar-refractivity contribution in [2.45, 2.75) is 32.4 Å². The first-order valence-electron chi connectivity index (χ1n) is 10.8. The smallest absolute Gasteiger partial charge is 0.159 e. The highest BCUT2D eigenvalue weighted by molar-refractivity contribution is 5.99. The zero-order valence-corrected chi connectivity index (χ0v) is 18.0. The molecule has 4 aromatic rings. The van der Waals surface area contributed by atoms with E-state index in [9.17, 15) is 0 Å². The zero-order valence-electron chi connectivity index (χ0n) is 18.0. The Balaban J connectivity index is 1.32. The Kier molecular flexibility index (Phi) is 5.34. The van der Waals surface area contributed by atoms with Gasteiger partial charge >= 0.3 is 0 Å². The molecule has 0 saturated carbocycles. The summed E-state index contributed by atoms with van der Waals surface area (Å²) in [6, 6.07) is 15.0. The SMILES string of the molecule is Cc1ncccc1CNC1CCN(c2nnc(-c3ccnn3C)c3ccccc23)CC1. The summed E-state index contributed by atoms with van der Waals surface area (Å²) in [5.74, 6) is 0.975. The number of nitrogens with one attached hydrogen (secondary N) is 1. The molecule has 31 heavy (non-hydrogen) atoms. The Labute approximate surface area is 182 Å². The minimum absolute atomic E-state index is 0.504. The summed E-state index contributed by atoms with van der Waals surface area (Å²) in [6.45, 7) is 4.87. The molecule has 0 amide bonds. The van der Waals surface area contributed by atoms with E-state index in [1.807, 2.05) is 30.1 Å². The Morgan fingerprint density at radius 2 is 1.77 bits per heavy atom. The molecule has 1 fully saturated rings. The fourth-order valence-electron chi connectivity index (χ4n) is 4.37. The first-order valence-corrected chi connectivity index (χ1v) is 10.8. The molecule has 0 spiro atoms. The van der Waals surface area contributed by atoms with Crippen LogP contribution in [-0.4, -0.2) is 44.1 Å². The predicted octanol–water partition coefficient (Wildman–Crippen LogP) is 3.49. The van der Waals surface area contributed by atoms with Gasteiger partial charge in [-0.1, -0.05) is 30.3 Å². The minimum Gasteiger partial charge on any atom is -0.354 e. The molecule has 4 heterocycles. The molecular formula is C24H27N7. The van der Waals surface area contributed by atoms with Crippen LogP contribution >= 0.6 is 0 Å². The number of benzene rings is 1. The van der Waals surface area contributed by atoms with Crippen LogP contribution in [0.1, 0.15) is 24.1 Å². The van der Waals surface area contributed by atoms with E-state index in [0.29, 0.717) is 6.04 Å². The van der Waals surface area contributed by atoms with Crippen LogP contribution in [0.3, 0.4) is 0 Å². The van der Waals surface area contributed by atoms with Crippen molar-refractivity contribution in [3.63, 3.8) is 0 Å². The molecule has 1 N–H and O–H groups in total. The van der Waals surface area contributed by atoms with Crippen molar-refractivity contribution in [1.29, 1.82) is 0 Å². The van der Waals surface area contributed by atoms with Crippen LogP contribution < -0.4 is 10.2 Å². The highest BCUT2D eigenvalue weighted by Gasteiger charge is 2.23. The van der Waals surface area contributed by atoms with Gasteiger partial charge in [0.2, 0.25) is 0 Å². The van der Waals surface area contributed by atoms with Gasteiger partial charge in [0.25, 0.3) is 0 Å². The Morgan fingerprint density at radius 1 is 0.968 bits per heavy atom. The van der Waals surface area contributed by atoms with E-state index < -0.39 is 0 Å². The zero-order chi connectivity index (χ0) is 21.2. The lowest BCUT2D eigenvalue weighted by molar-refractivity contribution is 0.412. The van der Waals surface area contributed by atoms with Gasteiger partial charge < -0.3 is 10.2 Å². The topological polar surface area (TPSA) is 71.8 Å². The van der Waals surface area contributed by atoms with Gasteiger partial charge in [-0.3, -0.25) is 9.67 Å². The summed E-state index contributed by atoms with van der Waals surface area (Å²) in [5.41, 5.74) is 4.22. The molecule has 7 nitrogen and oxygen atoms in total. The molecule has 0 aliphatic carbocycles. The van der Waals surface area contributed by atoms with E-state index in [-0.39, 0.29) is 0 Å². The lowest BCUT2D eigenvalue weighted by Crippen LogP contribution is -2.42. The molecule has 3 aromatic heterocycles. The quantitative estimate of drug-likeness (QED) is 0.540. The largest absolute Gasteiger partial charge is 0.354 e. The number of hydrogen-bond acceptors (Lipinski definition) is 6. The lowest BCUT2D eigenvalue weighted by atomic mass is 10.0. The maximum absolute atomic E-state index is 4.66. The standard InChI is InChI=1S/C24H27N7/c1-17-18(6-5-12-25-17)16-26-19-10-14-31(15-11-19)24-21-8-4-3-7-20(21)23(28-29-24)22-9-13-27-30(22)2/h3-9,12-13,19,26H,10-11,14-16H2,1-2H3. The van der Waals surface area contributed by atoms with E-state index in [4.69, 9.17) is 0 Å². The van der Waals surface area contributed by atoms with Gasteiger partial charge in [0.1, 0.15) is 5.69 Å². The van der Waals surface area contributed by atoms with Crippen LogP contribution in [0, 0.1) is 6.92 Å². The van der Waals surface area contributed by atoms with Gasteiger partial charge in [-0.25, -0.2) is 0 Å². The fraction of sp³-hybridized carbons (Fsp3) is 0.333. The van der Waals surface area contributed by atoms with Gasteiger partial charge in [-0.15, -0.1) is 10.2 Å². The molecule has 7 heteroatoms. The van der Waals surface area contributed by atoms with Crippen molar-refractivity contribution in [2.24, 2.45) is 7.05 Å². The summed E-state index contributed by atoms with van der Waals surface area (Å²) >= 11 is 0. The van der Waals surface area contributed by atoms with Gasteiger partial charge in [0, 0.05) is 61.6 Å². The number of piperidine rings is 1. The molecular weight excluding hydrogens is 386 g/mol. The monoisotopic (exact) mass is 413 g/mol. The van der Waals surface area contributed by atoms with Crippen molar-refractivity contribution in [1.82, 2.24) is 30.3 Å². The third-order valence-corrected chi connectivity index (χ3v) is 6.22. The van der Waals surface area contributed by atoms with Crippen LogP contribution in [0.15, 0.2) is 54.9 Å². The Hall–Kier alpha value is -3.32. The van der Waals surface area contributed by atoms with Crippen molar-refractivity contribution in [2.75, 3.05) is 18.0 Å². The van der Waals surface area contributed by atoms with Crippen molar-refractivity contribution < 1.29 is 0 Å². The number of anilines is 1. The first kappa shape index (κ1) is 19.6. The third-order valence-electron chi connectivity index (χ3n) is 6.22. The number of pyridine rings is 1.